The molecule has 0 aromatic carbocycles. The maximum absolute atomic E-state index is 12.3. The Morgan fingerprint density at radius 1 is 1.33 bits per heavy atom. The van der Waals surface area contributed by atoms with E-state index in [1.54, 1.807) is 20.8 Å². The molecule has 0 aliphatic rings. The van der Waals surface area contributed by atoms with Crippen molar-refractivity contribution in [3.05, 3.63) is 35.1 Å². The van der Waals surface area contributed by atoms with Crippen molar-refractivity contribution in [3.8, 4) is 5.13 Å². The highest BCUT2D eigenvalue weighted by molar-refractivity contribution is 7.16. The number of carboxylic acids is 1. The number of amides is 1. The predicted octanol–water partition coefficient (Wildman–Crippen LogP) is 2.08. The summed E-state index contributed by atoms with van der Waals surface area (Å²) >= 11 is 1.24. The minimum absolute atomic E-state index is 0.191. The van der Waals surface area contributed by atoms with Crippen LogP contribution in [0.5, 0.6) is 0 Å². The lowest BCUT2D eigenvalue weighted by atomic mass is 10.0. The summed E-state index contributed by atoms with van der Waals surface area (Å²) in [6, 6.07) is 2.83. The van der Waals surface area contributed by atoms with E-state index in [2.05, 4.69) is 10.3 Å². The molecule has 0 radical (unpaired) electrons. The van der Waals surface area contributed by atoms with Gasteiger partial charge in [-0.15, -0.1) is 0 Å². The lowest BCUT2D eigenvalue weighted by Crippen LogP contribution is -2.44. The van der Waals surface area contributed by atoms with E-state index in [4.69, 9.17) is 5.11 Å². The highest BCUT2D eigenvalue weighted by atomic mass is 32.1. The third-order valence-corrected chi connectivity index (χ3v) is 4.21. The molecular formula is C14H17N3O3S. The zero-order chi connectivity index (χ0) is 15.6. The molecule has 2 aromatic rings. The SMILES string of the molecule is Cc1nc(-n2cccc2)sc1C(=O)NC(C(=O)O)C(C)C. The van der Waals surface area contributed by atoms with E-state index in [1.165, 1.54) is 11.3 Å². The summed E-state index contributed by atoms with van der Waals surface area (Å²) in [4.78, 5) is 28.2. The summed E-state index contributed by atoms with van der Waals surface area (Å²) in [5.74, 6) is -1.63. The number of hydrogen-bond acceptors (Lipinski definition) is 4. The van der Waals surface area contributed by atoms with Crippen molar-refractivity contribution >= 4 is 23.2 Å². The summed E-state index contributed by atoms with van der Waals surface area (Å²) in [6.07, 6.45) is 3.68. The summed E-state index contributed by atoms with van der Waals surface area (Å²) in [7, 11) is 0. The Labute approximate surface area is 126 Å². The number of rotatable bonds is 5. The largest absolute Gasteiger partial charge is 0.480 e. The number of nitrogens with one attached hydrogen (secondary N) is 1. The summed E-state index contributed by atoms with van der Waals surface area (Å²) in [5.41, 5.74) is 0.592. The van der Waals surface area contributed by atoms with E-state index in [0.29, 0.717) is 15.7 Å². The van der Waals surface area contributed by atoms with Crippen molar-refractivity contribution in [1.29, 1.82) is 0 Å². The van der Waals surface area contributed by atoms with Gasteiger partial charge in [0.25, 0.3) is 5.91 Å². The predicted molar refractivity (Wildman–Crippen MR) is 79.9 cm³/mol. The third-order valence-electron chi connectivity index (χ3n) is 3.04. The van der Waals surface area contributed by atoms with Crippen LogP contribution in [0.3, 0.4) is 0 Å². The minimum atomic E-state index is -1.04. The van der Waals surface area contributed by atoms with Gasteiger partial charge in [0.2, 0.25) is 0 Å². The van der Waals surface area contributed by atoms with E-state index in [-0.39, 0.29) is 5.92 Å². The van der Waals surface area contributed by atoms with Crippen LogP contribution in [0.4, 0.5) is 0 Å². The van der Waals surface area contributed by atoms with E-state index in [0.717, 1.165) is 0 Å². The van der Waals surface area contributed by atoms with Crippen LogP contribution in [-0.4, -0.2) is 32.6 Å². The maximum Gasteiger partial charge on any atom is 0.326 e. The van der Waals surface area contributed by atoms with Crippen molar-refractivity contribution in [2.75, 3.05) is 0 Å². The van der Waals surface area contributed by atoms with Gasteiger partial charge in [-0.2, -0.15) is 0 Å². The minimum Gasteiger partial charge on any atom is -0.480 e. The van der Waals surface area contributed by atoms with Crippen LogP contribution in [0.1, 0.15) is 29.2 Å². The molecule has 0 saturated carbocycles. The molecule has 0 fully saturated rings. The van der Waals surface area contributed by atoms with Gasteiger partial charge in [0.1, 0.15) is 10.9 Å². The molecular weight excluding hydrogens is 290 g/mol. The van der Waals surface area contributed by atoms with Gasteiger partial charge in [0, 0.05) is 12.4 Å². The first-order chi connectivity index (χ1) is 9.90. The van der Waals surface area contributed by atoms with Crippen molar-refractivity contribution in [3.63, 3.8) is 0 Å². The number of aryl methyl sites for hydroxylation is 1. The standard InChI is InChI=1S/C14H17N3O3S/c1-8(2)10(13(19)20)16-12(18)11-9(3)15-14(21-11)17-6-4-5-7-17/h4-8,10H,1-3H3,(H,16,18)(H,19,20). The molecule has 0 saturated heterocycles. The van der Waals surface area contributed by atoms with Crippen LogP contribution < -0.4 is 5.32 Å². The number of carbonyl (C=O) groups is 2. The number of carbonyl (C=O) groups excluding carboxylic acids is 1. The molecule has 2 rings (SSSR count). The first-order valence-electron chi connectivity index (χ1n) is 6.54. The topological polar surface area (TPSA) is 84.2 Å². The highest BCUT2D eigenvalue weighted by Crippen LogP contribution is 2.22. The molecule has 2 N–H and O–H groups in total. The van der Waals surface area contributed by atoms with Crippen LogP contribution in [0.25, 0.3) is 5.13 Å². The lowest BCUT2D eigenvalue weighted by molar-refractivity contribution is -0.140. The molecule has 1 amide bonds. The van der Waals surface area contributed by atoms with Gasteiger partial charge in [-0.25, -0.2) is 9.78 Å². The third kappa shape index (κ3) is 3.30. The molecule has 112 valence electrons. The van der Waals surface area contributed by atoms with E-state index < -0.39 is 17.9 Å². The lowest BCUT2D eigenvalue weighted by Gasteiger charge is -2.17. The number of carboxylic acid groups (broad SMARTS) is 1. The van der Waals surface area contributed by atoms with Crippen LogP contribution in [0.15, 0.2) is 24.5 Å². The van der Waals surface area contributed by atoms with Gasteiger partial charge in [0.15, 0.2) is 5.13 Å². The molecule has 2 aromatic heterocycles. The number of thiazole rings is 1. The van der Waals surface area contributed by atoms with E-state index in [9.17, 15) is 9.59 Å². The van der Waals surface area contributed by atoms with Gasteiger partial charge >= 0.3 is 5.97 Å². The van der Waals surface area contributed by atoms with Crippen molar-refractivity contribution in [2.45, 2.75) is 26.8 Å². The molecule has 0 aliphatic carbocycles. The second-order valence-electron chi connectivity index (χ2n) is 5.03. The second-order valence-corrected chi connectivity index (χ2v) is 6.01. The molecule has 0 aliphatic heterocycles. The van der Waals surface area contributed by atoms with Crippen molar-refractivity contribution < 1.29 is 14.7 Å². The van der Waals surface area contributed by atoms with Gasteiger partial charge < -0.3 is 15.0 Å². The van der Waals surface area contributed by atoms with Crippen LogP contribution in [-0.2, 0) is 4.79 Å². The van der Waals surface area contributed by atoms with E-state index in [1.807, 2.05) is 29.1 Å². The number of hydrogen-bond donors (Lipinski definition) is 2. The Morgan fingerprint density at radius 2 is 1.95 bits per heavy atom. The maximum atomic E-state index is 12.3. The molecule has 2 heterocycles. The molecule has 1 atom stereocenters. The highest BCUT2D eigenvalue weighted by Gasteiger charge is 2.26. The normalized spacial score (nSPS) is 12.4. The molecule has 0 bridgehead atoms. The van der Waals surface area contributed by atoms with Gasteiger partial charge in [-0.05, 0) is 25.0 Å². The molecule has 21 heavy (non-hydrogen) atoms. The molecule has 6 nitrogen and oxygen atoms in total. The van der Waals surface area contributed by atoms with Gasteiger partial charge in [0.05, 0.1) is 5.69 Å². The average molecular weight is 307 g/mol. The number of aliphatic carboxylic acids is 1. The van der Waals surface area contributed by atoms with Crippen LogP contribution >= 0.6 is 11.3 Å². The quantitative estimate of drug-likeness (QED) is 0.886. The number of aromatic nitrogens is 2. The Hall–Kier alpha value is -2.15. The second kappa shape index (κ2) is 6.09. The fourth-order valence-electron chi connectivity index (χ4n) is 1.89. The molecule has 1 unspecified atom stereocenters. The summed E-state index contributed by atoms with van der Waals surface area (Å²) in [5, 5.41) is 12.4. The smallest absolute Gasteiger partial charge is 0.326 e. The Morgan fingerprint density at radius 3 is 2.48 bits per heavy atom. The fraction of sp³-hybridized carbons (Fsp3) is 0.357. The Bertz CT molecular complexity index is 646. The molecule has 7 heteroatoms. The van der Waals surface area contributed by atoms with Crippen LogP contribution in [0.2, 0.25) is 0 Å². The first kappa shape index (κ1) is 15.2. The fourth-order valence-corrected chi connectivity index (χ4v) is 2.82. The summed E-state index contributed by atoms with van der Waals surface area (Å²) in [6.45, 7) is 5.25. The first-order valence-corrected chi connectivity index (χ1v) is 7.36. The van der Waals surface area contributed by atoms with E-state index >= 15 is 0 Å². The van der Waals surface area contributed by atoms with Crippen molar-refractivity contribution in [1.82, 2.24) is 14.9 Å². The Kier molecular flexibility index (Phi) is 4.42. The number of nitrogens with zero attached hydrogens (tertiary/aromatic N) is 2. The summed E-state index contributed by atoms with van der Waals surface area (Å²) < 4.78 is 1.81. The monoisotopic (exact) mass is 307 g/mol. The van der Waals surface area contributed by atoms with Crippen molar-refractivity contribution in [2.24, 2.45) is 5.92 Å². The van der Waals surface area contributed by atoms with Crippen LogP contribution in [0, 0.1) is 12.8 Å². The van der Waals surface area contributed by atoms with Gasteiger partial charge in [-0.1, -0.05) is 25.2 Å². The Balaban J connectivity index is 2.22. The zero-order valence-corrected chi connectivity index (χ0v) is 12.8. The zero-order valence-electron chi connectivity index (χ0n) is 12.0. The van der Waals surface area contributed by atoms with Gasteiger partial charge in [-0.3, -0.25) is 4.79 Å². The molecule has 0 spiro atoms. The average Bonchev–Trinajstić information content (AvgIpc) is 3.03.